The van der Waals surface area contributed by atoms with Crippen LogP contribution in [0.15, 0.2) is 168 Å². The van der Waals surface area contributed by atoms with Gasteiger partial charge in [-0.05, 0) is 47.0 Å². The highest BCUT2D eigenvalue weighted by molar-refractivity contribution is 6.07. The first kappa shape index (κ1) is 26.2. The molecule has 3 heterocycles. The number of fused-ring (bicyclic) bond motifs is 5. The normalized spacial score (nSPS) is 11.5. The summed E-state index contributed by atoms with van der Waals surface area (Å²) in [6, 6.07) is 56.6. The summed E-state index contributed by atoms with van der Waals surface area (Å²) in [6.45, 7) is 0. The Labute approximate surface area is 265 Å². The van der Waals surface area contributed by atoms with Gasteiger partial charge in [0.05, 0.1) is 28.0 Å². The average molecular weight is 590 g/mol. The van der Waals surface area contributed by atoms with Crippen LogP contribution in [-0.2, 0) is 0 Å². The molecular formula is C42H27N3O. The number of nitrogens with zero attached hydrogens (tertiary/aromatic N) is 3. The summed E-state index contributed by atoms with van der Waals surface area (Å²) >= 11 is 0. The molecule has 0 saturated heterocycles. The van der Waals surface area contributed by atoms with E-state index < -0.39 is 0 Å². The first-order valence-electron chi connectivity index (χ1n) is 15.4. The Morgan fingerprint density at radius 1 is 0.413 bits per heavy atom. The number of rotatable bonds is 5. The van der Waals surface area contributed by atoms with Gasteiger partial charge in [0.2, 0.25) is 5.71 Å². The van der Waals surface area contributed by atoms with Gasteiger partial charge >= 0.3 is 0 Å². The Morgan fingerprint density at radius 3 is 1.74 bits per heavy atom. The fraction of sp³-hybridized carbons (Fsp3) is 0. The lowest BCUT2D eigenvalue weighted by Gasteiger charge is -2.10. The van der Waals surface area contributed by atoms with Gasteiger partial charge in [0.25, 0.3) is 0 Å². The van der Waals surface area contributed by atoms with Crippen LogP contribution in [-0.4, -0.2) is 14.4 Å². The van der Waals surface area contributed by atoms with E-state index in [0.29, 0.717) is 5.82 Å². The van der Waals surface area contributed by atoms with Gasteiger partial charge in [0.1, 0.15) is 0 Å². The molecule has 0 radical (unpaired) electrons. The SMILES string of the molecule is c1ccc(-c2cc(-c3ccc(-c4cccc(-c5c6ccccc6n6c5oc5ccccc56)c4)cc3)nc(-c3ccccc3)n2)cc1. The smallest absolute Gasteiger partial charge is 0.213 e. The number of para-hydroxylation sites is 3. The fourth-order valence-electron chi connectivity index (χ4n) is 6.42. The van der Waals surface area contributed by atoms with E-state index in [2.05, 4.69) is 120 Å². The maximum Gasteiger partial charge on any atom is 0.213 e. The number of oxazole rings is 1. The predicted molar refractivity (Wildman–Crippen MR) is 187 cm³/mol. The molecule has 0 amide bonds. The third-order valence-electron chi connectivity index (χ3n) is 8.64. The molecule has 0 N–H and O–H groups in total. The molecule has 0 aliphatic carbocycles. The zero-order valence-corrected chi connectivity index (χ0v) is 24.8. The monoisotopic (exact) mass is 589 g/mol. The molecule has 0 fully saturated rings. The second-order valence-electron chi connectivity index (χ2n) is 11.5. The highest BCUT2D eigenvalue weighted by Crippen LogP contribution is 2.40. The highest BCUT2D eigenvalue weighted by Gasteiger charge is 2.19. The maximum atomic E-state index is 6.47. The molecule has 0 bridgehead atoms. The molecule has 9 aromatic rings. The Morgan fingerprint density at radius 2 is 0.978 bits per heavy atom. The van der Waals surface area contributed by atoms with Crippen molar-refractivity contribution in [3.05, 3.63) is 164 Å². The van der Waals surface area contributed by atoms with Crippen LogP contribution in [0.3, 0.4) is 0 Å². The molecule has 46 heavy (non-hydrogen) atoms. The minimum Gasteiger partial charge on any atom is -0.438 e. The minimum absolute atomic E-state index is 0.713. The van der Waals surface area contributed by atoms with E-state index in [1.165, 1.54) is 5.39 Å². The highest BCUT2D eigenvalue weighted by atomic mass is 16.3. The molecule has 4 nitrogen and oxygen atoms in total. The van der Waals surface area contributed by atoms with Gasteiger partial charge in [-0.2, -0.15) is 0 Å². The molecule has 9 rings (SSSR count). The largest absolute Gasteiger partial charge is 0.438 e. The molecule has 0 saturated carbocycles. The Kier molecular flexibility index (Phi) is 6.10. The Bertz CT molecular complexity index is 2450. The second-order valence-corrected chi connectivity index (χ2v) is 11.5. The third-order valence-corrected chi connectivity index (χ3v) is 8.64. The van der Waals surface area contributed by atoms with Crippen molar-refractivity contribution in [2.45, 2.75) is 0 Å². The summed E-state index contributed by atoms with van der Waals surface area (Å²) < 4.78 is 8.70. The summed E-state index contributed by atoms with van der Waals surface area (Å²) in [5.41, 5.74) is 13.3. The first-order valence-corrected chi connectivity index (χ1v) is 15.4. The van der Waals surface area contributed by atoms with Crippen molar-refractivity contribution >= 4 is 27.7 Å². The zero-order chi connectivity index (χ0) is 30.5. The van der Waals surface area contributed by atoms with E-state index in [4.69, 9.17) is 14.4 Å². The number of hydrogen-bond acceptors (Lipinski definition) is 3. The van der Waals surface area contributed by atoms with E-state index >= 15 is 0 Å². The Balaban J connectivity index is 1.13. The van der Waals surface area contributed by atoms with Crippen molar-refractivity contribution in [3.63, 3.8) is 0 Å². The van der Waals surface area contributed by atoms with Crippen LogP contribution < -0.4 is 0 Å². The zero-order valence-electron chi connectivity index (χ0n) is 24.8. The van der Waals surface area contributed by atoms with Crippen molar-refractivity contribution in [3.8, 4) is 56.2 Å². The van der Waals surface area contributed by atoms with Crippen LogP contribution in [0.5, 0.6) is 0 Å². The number of aromatic nitrogens is 3. The number of hydrogen-bond donors (Lipinski definition) is 0. The lowest BCUT2D eigenvalue weighted by atomic mass is 9.97. The standard InChI is InChI=1S/C42H27N3O/c1-3-12-29(13-4-1)35-27-36(44-41(43-35)31-14-5-2-6-15-31)30-24-22-28(23-25-30)32-16-11-17-33(26-32)40-34-18-7-8-19-37(34)45-38-20-9-10-21-39(38)46-42(40)45/h1-27H. The van der Waals surface area contributed by atoms with Crippen molar-refractivity contribution in [2.24, 2.45) is 0 Å². The second kappa shape index (κ2) is 10.7. The van der Waals surface area contributed by atoms with E-state index in [1.54, 1.807) is 0 Å². The molecule has 4 heteroatoms. The van der Waals surface area contributed by atoms with E-state index in [0.717, 1.165) is 72.7 Å². The summed E-state index contributed by atoms with van der Waals surface area (Å²) in [7, 11) is 0. The first-order chi connectivity index (χ1) is 22.8. The lowest BCUT2D eigenvalue weighted by Crippen LogP contribution is -1.95. The average Bonchev–Trinajstić information content (AvgIpc) is 3.67. The summed E-state index contributed by atoms with van der Waals surface area (Å²) in [5.74, 6) is 0.713. The van der Waals surface area contributed by atoms with Crippen molar-refractivity contribution in [2.75, 3.05) is 0 Å². The van der Waals surface area contributed by atoms with E-state index in [-0.39, 0.29) is 0 Å². The molecule has 6 aromatic carbocycles. The summed E-state index contributed by atoms with van der Waals surface area (Å²) in [6.07, 6.45) is 0. The van der Waals surface area contributed by atoms with Gasteiger partial charge < -0.3 is 4.42 Å². The lowest BCUT2D eigenvalue weighted by molar-refractivity contribution is 0.658. The molecule has 0 aliphatic heterocycles. The van der Waals surface area contributed by atoms with Gasteiger partial charge in [0.15, 0.2) is 11.4 Å². The third kappa shape index (κ3) is 4.39. The van der Waals surface area contributed by atoms with Gasteiger partial charge in [-0.1, -0.05) is 133 Å². The van der Waals surface area contributed by atoms with Crippen molar-refractivity contribution < 1.29 is 4.42 Å². The predicted octanol–water partition coefficient (Wildman–Crippen LogP) is 11.0. The van der Waals surface area contributed by atoms with Gasteiger partial charge in [-0.25, -0.2) is 9.97 Å². The molecular weight excluding hydrogens is 562 g/mol. The van der Waals surface area contributed by atoms with Crippen LogP contribution in [0.2, 0.25) is 0 Å². The molecule has 216 valence electrons. The Hall–Kier alpha value is -6.26. The van der Waals surface area contributed by atoms with Gasteiger partial charge in [0, 0.05) is 22.1 Å². The van der Waals surface area contributed by atoms with Gasteiger partial charge in [-0.3, -0.25) is 4.40 Å². The molecule has 0 spiro atoms. The topological polar surface area (TPSA) is 43.3 Å². The number of benzene rings is 6. The van der Waals surface area contributed by atoms with E-state index in [1.807, 2.05) is 48.5 Å². The van der Waals surface area contributed by atoms with Crippen molar-refractivity contribution in [1.29, 1.82) is 0 Å². The molecule has 3 aromatic heterocycles. The van der Waals surface area contributed by atoms with E-state index in [9.17, 15) is 0 Å². The molecule has 0 atom stereocenters. The fourth-order valence-corrected chi connectivity index (χ4v) is 6.42. The molecule has 0 aliphatic rings. The van der Waals surface area contributed by atoms with Crippen LogP contribution in [0.25, 0.3) is 83.9 Å². The van der Waals surface area contributed by atoms with Crippen LogP contribution in [0, 0.1) is 0 Å². The van der Waals surface area contributed by atoms with Crippen LogP contribution in [0.1, 0.15) is 0 Å². The van der Waals surface area contributed by atoms with Crippen LogP contribution in [0.4, 0.5) is 0 Å². The van der Waals surface area contributed by atoms with Gasteiger partial charge in [-0.15, -0.1) is 0 Å². The minimum atomic E-state index is 0.713. The summed E-state index contributed by atoms with van der Waals surface area (Å²) in [4.78, 5) is 9.94. The molecule has 0 unspecified atom stereocenters. The van der Waals surface area contributed by atoms with Crippen molar-refractivity contribution in [1.82, 2.24) is 14.4 Å². The quantitative estimate of drug-likeness (QED) is 0.201. The van der Waals surface area contributed by atoms with Crippen LogP contribution >= 0.6 is 0 Å². The maximum absolute atomic E-state index is 6.47. The summed E-state index contributed by atoms with van der Waals surface area (Å²) in [5, 5.41) is 1.17.